The molecule has 0 aliphatic rings. The molecule has 4 rings (SSSR count). The minimum Gasteiger partial charge on any atom is -0.497 e. The van der Waals surface area contributed by atoms with E-state index >= 15 is 0 Å². The van der Waals surface area contributed by atoms with E-state index in [0.29, 0.717) is 11.1 Å². The Morgan fingerprint density at radius 2 is 1.48 bits per heavy atom. The number of hydrogen-bond acceptors (Lipinski definition) is 2. The number of hydrogen-bond donors (Lipinski definition) is 0. The van der Waals surface area contributed by atoms with Gasteiger partial charge in [-0.2, -0.15) is 0 Å². The van der Waals surface area contributed by atoms with Gasteiger partial charge in [0.1, 0.15) is 5.75 Å². The number of benzene rings is 3. The number of rotatable bonds is 3. The SMILES string of the molecule is COc1ccc2c(c1)c(=O)cc(-c1ccccc1)n2-c1ccccc1. The lowest BCUT2D eigenvalue weighted by molar-refractivity contribution is 0.415. The van der Waals surface area contributed by atoms with Crippen molar-refractivity contribution in [2.75, 3.05) is 7.11 Å². The second kappa shape index (κ2) is 6.29. The summed E-state index contributed by atoms with van der Waals surface area (Å²) >= 11 is 0. The number of nitrogens with zero attached hydrogens (tertiary/aromatic N) is 1. The van der Waals surface area contributed by atoms with Crippen molar-refractivity contribution in [2.45, 2.75) is 0 Å². The third-order valence-electron chi connectivity index (χ3n) is 4.30. The molecule has 1 heterocycles. The quantitative estimate of drug-likeness (QED) is 0.548. The van der Waals surface area contributed by atoms with Gasteiger partial charge in [-0.3, -0.25) is 4.79 Å². The summed E-state index contributed by atoms with van der Waals surface area (Å²) in [5.41, 5.74) is 3.73. The van der Waals surface area contributed by atoms with Crippen molar-refractivity contribution in [2.24, 2.45) is 0 Å². The van der Waals surface area contributed by atoms with E-state index in [1.54, 1.807) is 19.2 Å². The van der Waals surface area contributed by atoms with E-state index in [1.165, 1.54) is 0 Å². The third kappa shape index (κ3) is 2.70. The molecule has 3 heteroatoms. The molecule has 0 spiro atoms. The zero-order chi connectivity index (χ0) is 17.2. The number of fused-ring (bicyclic) bond motifs is 1. The van der Waals surface area contributed by atoms with Gasteiger partial charge in [0.05, 0.1) is 18.3 Å². The predicted octanol–water partition coefficient (Wildman–Crippen LogP) is 4.67. The average Bonchev–Trinajstić information content (AvgIpc) is 2.69. The van der Waals surface area contributed by atoms with Gasteiger partial charge >= 0.3 is 0 Å². The average molecular weight is 327 g/mol. The molecule has 0 N–H and O–H groups in total. The lowest BCUT2D eigenvalue weighted by Crippen LogP contribution is -2.10. The smallest absolute Gasteiger partial charge is 0.190 e. The Labute approximate surface area is 145 Å². The summed E-state index contributed by atoms with van der Waals surface area (Å²) in [7, 11) is 1.61. The fourth-order valence-electron chi connectivity index (χ4n) is 3.11. The molecule has 0 bridgehead atoms. The summed E-state index contributed by atoms with van der Waals surface area (Å²) < 4.78 is 7.41. The molecule has 0 atom stereocenters. The molecule has 0 fully saturated rings. The number of aromatic nitrogens is 1. The zero-order valence-electron chi connectivity index (χ0n) is 13.8. The Balaban J connectivity index is 2.13. The van der Waals surface area contributed by atoms with Gasteiger partial charge < -0.3 is 9.30 Å². The highest BCUT2D eigenvalue weighted by Crippen LogP contribution is 2.28. The monoisotopic (exact) mass is 327 g/mol. The molecule has 1 aromatic heterocycles. The van der Waals surface area contributed by atoms with Crippen LogP contribution < -0.4 is 10.2 Å². The van der Waals surface area contributed by atoms with Crippen LogP contribution in [0.2, 0.25) is 0 Å². The Kier molecular flexibility index (Phi) is 3.82. The van der Waals surface area contributed by atoms with E-state index in [0.717, 1.165) is 22.5 Å². The maximum absolute atomic E-state index is 12.8. The fourth-order valence-corrected chi connectivity index (χ4v) is 3.11. The van der Waals surface area contributed by atoms with E-state index in [4.69, 9.17) is 4.74 Å². The standard InChI is InChI=1S/C22H17NO2/c1-25-18-12-13-20-19(14-18)22(24)15-21(16-8-4-2-5-9-16)23(20)17-10-6-3-7-11-17/h2-15H,1H3. The van der Waals surface area contributed by atoms with Crippen LogP contribution in [0, 0.1) is 0 Å². The minimum absolute atomic E-state index is 0.0139. The molecule has 0 aliphatic heterocycles. The van der Waals surface area contributed by atoms with Crippen LogP contribution in [0.3, 0.4) is 0 Å². The molecular formula is C22H17NO2. The summed E-state index contributed by atoms with van der Waals surface area (Å²) in [4.78, 5) is 12.8. The number of methoxy groups -OCH3 is 1. The lowest BCUT2D eigenvalue weighted by atomic mass is 10.1. The van der Waals surface area contributed by atoms with Crippen molar-refractivity contribution in [3.63, 3.8) is 0 Å². The minimum atomic E-state index is -0.0139. The molecule has 0 unspecified atom stereocenters. The van der Waals surface area contributed by atoms with E-state index in [1.807, 2.05) is 72.8 Å². The molecule has 4 aromatic rings. The van der Waals surface area contributed by atoms with Crippen molar-refractivity contribution in [3.8, 4) is 22.7 Å². The van der Waals surface area contributed by atoms with Gasteiger partial charge in [0.2, 0.25) is 0 Å². The second-order valence-corrected chi connectivity index (χ2v) is 5.81. The predicted molar refractivity (Wildman–Crippen MR) is 102 cm³/mol. The number of para-hydroxylation sites is 1. The van der Waals surface area contributed by atoms with E-state index in [-0.39, 0.29) is 5.43 Å². The van der Waals surface area contributed by atoms with Gasteiger partial charge in [0.15, 0.2) is 5.43 Å². The Bertz CT molecular complexity index is 1080. The molecule has 122 valence electrons. The van der Waals surface area contributed by atoms with Crippen LogP contribution in [-0.2, 0) is 0 Å². The Hall–Kier alpha value is -3.33. The highest BCUT2D eigenvalue weighted by Gasteiger charge is 2.13. The van der Waals surface area contributed by atoms with Gasteiger partial charge in [-0.1, -0.05) is 48.5 Å². The van der Waals surface area contributed by atoms with Crippen molar-refractivity contribution in [1.82, 2.24) is 4.57 Å². The van der Waals surface area contributed by atoms with E-state index < -0.39 is 0 Å². The molecular weight excluding hydrogens is 310 g/mol. The summed E-state index contributed by atoms with van der Waals surface area (Å²) in [5.74, 6) is 0.677. The van der Waals surface area contributed by atoms with Gasteiger partial charge in [-0.15, -0.1) is 0 Å². The molecule has 0 saturated carbocycles. The second-order valence-electron chi connectivity index (χ2n) is 5.81. The Morgan fingerprint density at radius 3 is 2.16 bits per heavy atom. The van der Waals surface area contributed by atoms with Crippen LogP contribution in [0.15, 0.2) is 89.7 Å². The van der Waals surface area contributed by atoms with Gasteiger partial charge in [-0.05, 0) is 35.9 Å². The summed E-state index contributed by atoms with van der Waals surface area (Å²) in [6, 6.07) is 27.4. The van der Waals surface area contributed by atoms with Gasteiger partial charge in [0.25, 0.3) is 0 Å². The van der Waals surface area contributed by atoms with Crippen LogP contribution in [-0.4, -0.2) is 11.7 Å². The molecule has 0 aliphatic carbocycles. The van der Waals surface area contributed by atoms with Crippen LogP contribution in [0.25, 0.3) is 27.8 Å². The maximum atomic E-state index is 12.8. The molecule has 3 nitrogen and oxygen atoms in total. The largest absolute Gasteiger partial charge is 0.497 e. The van der Waals surface area contributed by atoms with E-state index in [2.05, 4.69) is 4.57 Å². The molecule has 0 amide bonds. The first kappa shape index (κ1) is 15.2. The van der Waals surface area contributed by atoms with Crippen molar-refractivity contribution < 1.29 is 4.74 Å². The van der Waals surface area contributed by atoms with Crippen LogP contribution >= 0.6 is 0 Å². The van der Waals surface area contributed by atoms with Crippen molar-refractivity contribution >= 4 is 10.9 Å². The summed E-state index contributed by atoms with van der Waals surface area (Å²) in [6.07, 6.45) is 0. The maximum Gasteiger partial charge on any atom is 0.190 e. The first-order chi connectivity index (χ1) is 12.3. The molecule has 0 saturated heterocycles. The third-order valence-corrected chi connectivity index (χ3v) is 4.30. The topological polar surface area (TPSA) is 31.2 Å². The van der Waals surface area contributed by atoms with Gasteiger partial charge in [-0.25, -0.2) is 0 Å². The summed E-state index contributed by atoms with van der Waals surface area (Å²) in [5, 5.41) is 0.642. The normalized spacial score (nSPS) is 10.8. The fraction of sp³-hybridized carbons (Fsp3) is 0.0455. The Morgan fingerprint density at radius 1 is 0.800 bits per heavy atom. The molecule has 25 heavy (non-hydrogen) atoms. The van der Waals surface area contributed by atoms with Crippen LogP contribution in [0.4, 0.5) is 0 Å². The van der Waals surface area contributed by atoms with Gasteiger partial charge in [0, 0.05) is 17.1 Å². The van der Waals surface area contributed by atoms with Crippen molar-refractivity contribution in [1.29, 1.82) is 0 Å². The van der Waals surface area contributed by atoms with E-state index in [9.17, 15) is 4.79 Å². The highest BCUT2D eigenvalue weighted by atomic mass is 16.5. The van der Waals surface area contributed by atoms with Crippen molar-refractivity contribution in [3.05, 3.63) is 95.2 Å². The highest BCUT2D eigenvalue weighted by molar-refractivity contribution is 5.86. The summed E-state index contributed by atoms with van der Waals surface area (Å²) in [6.45, 7) is 0. The number of pyridine rings is 1. The lowest BCUT2D eigenvalue weighted by Gasteiger charge is -2.17. The molecule has 3 aromatic carbocycles. The number of ether oxygens (including phenoxy) is 1. The molecule has 0 radical (unpaired) electrons. The van der Waals surface area contributed by atoms with Crippen LogP contribution in [0.1, 0.15) is 0 Å². The zero-order valence-corrected chi connectivity index (χ0v) is 13.8. The first-order valence-corrected chi connectivity index (χ1v) is 8.12. The first-order valence-electron chi connectivity index (χ1n) is 8.12. The van der Waals surface area contributed by atoms with Crippen LogP contribution in [0.5, 0.6) is 5.75 Å².